The van der Waals surface area contributed by atoms with Crippen LogP contribution in [-0.2, 0) is 4.74 Å². The van der Waals surface area contributed by atoms with Crippen LogP contribution in [0.1, 0.15) is 46.0 Å². The molecule has 84 valence electrons. The van der Waals surface area contributed by atoms with Gasteiger partial charge in [0.15, 0.2) is 0 Å². The van der Waals surface area contributed by atoms with Crippen molar-refractivity contribution in [1.29, 1.82) is 0 Å². The van der Waals surface area contributed by atoms with Crippen LogP contribution in [-0.4, -0.2) is 25.8 Å². The molecular formula is C12H25NO. The molecule has 1 N–H and O–H groups in total. The van der Waals surface area contributed by atoms with Crippen LogP contribution in [0.5, 0.6) is 0 Å². The highest BCUT2D eigenvalue weighted by Gasteiger charge is 2.18. The van der Waals surface area contributed by atoms with E-state index in [-0.39, 0.29) is 0 Å². The third-order valence-electron chi connectivity index (χ3n) is 3.15. The topological polar surface area (TPSA) is 21.3 Å². The van der Waals surface area contributed by atoms with Gasteiger partial charge in [0.05, 0.1) is 6.61 Å². The molecule has 1 fully saturated rings. The second-order valence-electron chi connectivity index (χ2n) is 4.81. The molecule has 0 aromatic heterocycles. The highest BCUT2D eigenvalue weighted by Crippen LogP contribution is 2.28. The molecule has 0 heterocycles. The Morgan fingerprint density at radius 1 is 1.21 bits per heavy atom. The van der Waals surface area contributed by atoms with Gasteiger partial charge in [-0.05, 0) is 26.2 Å². The molecule has 14 heavy (non-hydrogen) atoms. The first-order valence-corrected chi connectivity index (χ1v) is 5.97. The van der Waals surface area contributed by atoms with Crippen LogP contribution in [0.15, 0.2) is 0 Å². The van der Waals surface area contributed by atoms with Crippen LogP contribution in [0.4, 0.5) is 0 Å². The fourth-order valence-corrected chi connectivity index (χ4v) is 2.60. The number of nitrogens with one attached hydrogen (secondary N) is 1. The lowest BCUT2D eigenvalue weighted by molar-refractivity contribution is 0.165. The van der Waals surface area contributed by atoms with E-state index in [9.17, 15) is 0 Å². The number of hydrogen-bond acceptors (Lipinski definition) is 2. The summed E-state index contributed by atoms with van der Waals surface area (Å²) in [7, 11) is 1.76. The van der Waals surface area contributed by atoms with E-state index in [1.165, 1.54) is 32.1 Å². The van der Waals surface area contributed by atoms with Crippen LogP contribution in [0.25, 0.3) is 0 Å². The predicted molar refractivity (Wildman–Crippen MR) is 60.5 cm³/mol. The Kier molecular flexibility index (Phi) is 5.49. The molecule has 1 saturated carbocycles. The standard InChI is InChI=1S/C12H25NO/c1-10(13-11(2)9-14-3)8-12-6-4-5-7-12/h10-13H,4-9H2,1-3H3. The summed E-state index contributed by atoms with van der Waals surface area (Å²) in [6, 6.07) is 1.12. The Morgan fingerprint density at radius 3 is 2.43 bits per heavy atom. The lowest BCUT2D eigenvalue weighted by Crippen LogP contribution is -2.38. The van der Waals surface area contributed by atoms with E-state index in [0.29, 0.717) is 12.1 Å². The molecular weight excluding hydrogens is 174 g/mol. The molecule has 0 amide bonds. The average molecular weight is 199 g/mol. The minimum absolute atomic E-state index is 0.483. The van der Waals surface area contributed by atoms with E-state index in [2.05, 4.69) is 19.2 Å². The Balaban J connectivity index is 2.10. The smallest absolute Gasteiger partial charge is 0.0613 e. The number of methoxy groups -OCH3 is 1. The highest BCUT2D eigenvalue weighted by molar-refractivity contribution is 4.74. The summed E-state index contributed by atoms with van der Waals surface area (Å²) in [6.45, 7) is 5.30. The van der Waals surface area contributed by atoms with Crippen LogP contribution < -0.4 is 5.32 Å². The van der Waals surface area contributed by atoms with Crippen molar-refractivity contribution >= 4 is 0 Å². The summed E-state index contributed by atoms with van der Waals surface area (Å²) in [5, 5.41) is 3.58. The fraction of sp³-hybridized carbons (Fsp3) is 1.00. The van der Waals surface area contributed by atoms with E-state index in [1.54, 1.807) is 7.11 Å². The molecule has 2 atom stereocenters. The van der Waals surface area contributed by atoms with Crippen molar-refractivity contribution in [2.24, 2.45) is 5.92 Å². The Bertz CT molecular complexity index is 143. The monoisotopic (exact) mass is 199 g/mol. The summed E-state index contributed by atoms with van der Waals surface area (Å²) in [6.07, 6.45) is 7.14. The molecule has 0 aromatic rings. The third-order valence-corrected chi connectivity index (χ3v) is 3.15. The zero-order chi connectivity index (χ0) is 10.4. The molecule has 1 aliphatic carbocycles. The minimum atomic E-state index is 0.483. The van der Waals surface area contributed by atoms with Crippen LogP contribution in [0.2, 0.25) is 0 Å². The lowest BCUT2D eigenvalue weighted by Gasteiger charge is -2.22. The van der Waals surface area contributed by atoms with Gasteiger partial charge >= 0.3 is 0 Å². The van der Waals surface area contributed by atoms with E-state index >= 15 is 0 Å². The molecule has 1 aliphatic rings. The summed E-state index contributed by atoms with van der Waals surface area (Å²) in [5.74, 6) is 0.979. The van der Waals surface area contributed by atoms with Crippen molar-refractivity contribution in [3.8, 4) is 0 Å². The molecule has 2 unspecified atom stereocenters. The van der Waals surface area contributed by atoms with Gasteiger partial charge in [0.25, 0.3) is 0 Å². The van der Waals surface area contributed by atoms with Gasteiger partial charge in [-0.2, -0.15) is 0 Å². The van der Waals surface area contributed by atoms with Crippen molar-refractivity contribution in [3.05, 3.63) is 0 Å². The summed E-state index contributed by atoms with van der Waals surface area (Å²) < 4.78 is 5.11. The first-order chi connectivity index (χ1) is 6.72. The van der Waals surface area contributed by atoms with Gasteiger partial charge in [0.2, 0.25) is 0 Å². The lowest BCUT2D eigenvalue weighted by atomic mass is 9.99. The van der Waals surface area contributed by atoms with Crippen molar-refractivity contribution in [2.75, 3.05) is 13.7 Å². The average Bonchev–Trinajstić information content (AvgIpc) is 2.56. The van der Waals surface area contributed by atoms with Crippen LogP contribution in [0.3, 0.4) is 0 Å². The predicted octanol–water partition coefficient (Wildman–Crippen LogP) is 2.58. The molecule has 0 saturated heterocycles. The molecule has 2 heteroatoms. The second kappa shape index (κ2) is 6.41. The second-order valence-corrected chi connectivity index (χ2v) is 4.81. The molecule has 0 spiro atoms. The maximum atomic E-state index is 5.11. The maximum Gasteiger partial charge on any atom is 0.0613 e. The Hall–Kier alpha value is -0.0800. The van der Waals surface area contributed by atoms with Gasteiger partial charge < -0.3 is 10.1 Å². The first-order valence-electron chi connectivity index (χ1n) is 5.97. The number of rotatable bonds is 6. The van der Waals surface area contributed by atoms with Crippen molar-refractivity contribution in [1.82, 2.24) is 5.32 Å². The van der Waals surface area contributed by atoms with Crippen molar-refractivity contribution in [3.63, 3.8) is 0 Å². The van der Waals surface area contributed by atoms with Crippen molar-refractivity contribution in [2.45, 2.75) is 58.0 Å². The van der Waals surface area contributed by atoms with Crippen molar-refractivity contribution < 1.29 is 4.74 Å². The van der Waals surface area contributed by atoms with E-state index in [4.69, 9.17) is 4.74 Å². The first kappa shape index (κ1) is 12.0. The van der Waals surface area contributed by atoms with Gasteiger partial charge in [-0.3, -0.25) is 0 Å². The number of ether oxygens (including phenoxy) is 1. The number of hydrogen-bond donors (Lipinski definition) is 1. The molecule has 1 rings (SSSR count). The molecule has 0 bridgehead atoms. The minimum Gasteiger partial charge on any atom is -0.383 e. The van der Waals surface area contributed by atoms with E-state index in [1.807, 2.05) is 0 Å². The third kappa shape index (κ3) is 4.43. The van der Waals surface area contributed by atoms with Crippen LogP contribution in [0, 0.1) is 5.92 Å². The van der Waals surface area contributed by atoms with Gasteiger partial charge in [0.1, 0.15) is 0 Å². The molecule has 0 aliphatic heterocycles. The Labute approximate surface area is 88.4 Å². The van der Waals surface area contributed by atoms with Gasteiger partial charge in [-0.25, -0.2) is 0 Å². The molecule has 0 aromatic carbocycles. The zero-order valence-corrected chi connectivity index (χ0v) is 9.88. The molecule has 0 radical (unpaired) electrons. The summed E-state index contributed by atoms with van der Waals surface area (Å²) in [4.78, 5) is 0. The highest BCUT2D eigenvalue weighted by atomic mass is 16.5. The molecule has 2 nitrogen and oxygen atoms in total. The largest absolute Gasteiger partial charge is 0.383 e. The SMILES string of the molecule is COCC(C)NC(C)CC1CCCC1. The van der Waals surface area contributed by atoms with E-state index < -0.39 is 0 Å². The zero-order valence-electron chi connectivity index (χ0n) is 9.88. The summed E-state index contributed by atoms with van der Waals surface area (Å²) >= 11 is 0. The van der Waals surface area contributed by atoms with Gasteiger partial charge in [-0.15, -0.1) is 0 Å². The quantitative estimate of drug-likeness (QED) is 0.710. The maximum absolute atomic E-state index is 5.11. The van der Waals surface area contributed by atoms with Crippen LogP contribution >= 0.6 is 0 Å². The summed E-state index contributed by atoms with van der Waals surface area (Å²) in [5.41, 5.74) is 0. The van der Waals surface area contributed by atoms with Gasteiger partial charge in [-0.1, -0.05) is 25.7 Å². The van der Waals surface area contributed by atoms with E-state index in [0.717, 1.165) is 12.5 Å². The van der Waals surface area contributed by atoms with Gasteiger partial charge in [0, 0.05) is 19.2 Å². The normalized spacial score (nSPS) is 22.5. The fourth-order valence-electron chi connectivity index (χ4n) is 2.60. The Morgan fingerprint density at radius 2 is 1.86 bits per heavy atom.